The van der Waals surface area contributed by atoms with Gasteiger partial charge in [0, 0.05) is 12.5 Å². The summed E-state index contributed by atoms with van der Waals surface area (Å²) in [6.07, 6.45) is 2.81. The lowest BCUT2D eigenvalue weighted by Gasteiger charge is -2.14. The zero-order valence-corrected chi connectivity index (χ0v) is 12.7. The Balaban J connectivity index is 1.69. The van der Waals surface area contributed by atoms with Crippen molar-refractivity contribution < 1.29 is 14.6 Å². The molecular weight excluding hydrogens is 290 g/mol. The van der Waals surface area contributed by atoms with E-state index in [4.69, 9.17) is 9.84 Å². The average molecular weight is 309 g/mol. The predicted octanol–water partition coefficient (Wildman–Crippen LogP) is 3.07. The molecule has 0 aromatic heterocycles. The first-order valence-corrected chi connectivity index (χ1v) is 7.66. The second-order valence-electron chi connectivity index (χ2n) is 5.36. The molecule has 2 aromatic rings. The summed E-state index contributed by atoms with van der Waals surface area (Å²) in [6, 6.07) is 16.5. The molecule has 23 heavy (non-hydrogen) atoms. The normalized spacial score (nSPS) is 12.9. The van der Waals surface area contributed by atoms with Gasteiger partial charge in [0.25, 0.3) is 0 Å². The van der Waals surface area contributed by atoms with Crippen molar-refractivity contribution in [2.45, 2.75) is 5.92 Å². The lowest BCUT2D eigenvalue weighted by Crippen LogP contribution is -2.26. The molecule has 1 amide bonds. The zero-order chi connectivity index (χ0) is 16.1. The van der Waals surface area contributed by atoms with Crippen LogP contribution in [-0.4, -0.2) is 31.0 Å². The molecule has 0 fully saturated rings. The Morgan fingerprint density at radius 3 is 2.26 bits per heavy atom. The van der Waals surface area contributed by atoms with Crippen molar-refractivity contribution >= 4 is 6.09 Å². The van der Waals surface area contributed by atoms with Gasteiger partial charge in [-0.2, -0.15) is 0 Å². The van der Waals surface area contributed by atoms with E-state index >= 15 is 0 Å². The Labute approximate surface area is 135 Å². The van der Waals surface area contributed by atoms with Crippen LogP contribution in [0.4, 0.5) is 4.79 Å². The molecule has 4 nitrogen and oxygen atoms in total. The van der Waals surface area contributed by atoms with Gasteiger partial charge in [0.15, 0.2) is 0 Å². The summed E-state index contributed by atoms with van der Waals surface area (Å²) >= 11 is 0. The number of hydrogen-bond donors (Lipinski definition) is 2. The van der Waals surface area contributed by atoms with Crippen LogP contribution in [0.15, 0.2) is 60.7 Å². The first-order chi connectivity index (χ1) is 11.3. The van der Waals surface area contributed by atoms with Crippen molar-refractivity contribution in [2.75, 3.05) is 19.8 Å². The highest BCUT2D eigenvalue weighted by Crippen LogP contribution is 2.44. The fraction of sp³-hybridized carbons (Fsp3) is 0.211. The van der Waals surface area contributed by atoms with E-state index in [0.717, 1.165) is 0 Å². The maximum atomic E-state index is 11.8. The van der Waals surface area contributed by atoms with E-state index in [-0.39, 0.29) is 12.5 Å². The molecule has 0 saturated heterocycles. The second-order valence-corrected chi connectivity index (χ2v) is 5.36. The molecule has 0 bridgehead atoms. The van der Waals surface area contributed by atoms with Gasteiger partial charge in [-0.25, -0.2) is 4.79 Å². The van der Waals surface area contributed by atoms with Gasteiger partial charge in [-0.1, -0.05) is 60.7 Å². The number of carbonyl (C=O) groups excluding carboxylic acids is 1. The molecule has 4 heteroatoms. The quantitative estimate of drug-likeness (QED) is 0.835. The molecule has 0 spiro atoms. The number of rotatable bonds is 5. The van der Waals surface area contributed by atoms with Crippen molar-refractivity contribution in [2.24, 2.45) is 0 Å². The molecule has 0 aliphatic heterocycles. The third kappa shape index (κ3) is 3.27. The number of nitrogens with one attached hydrogen (secondary N) is 1. The second kappa shape index (κ2) is 7.11. The number of alkyl carbamates (subject to hydrolysis) is 1. The van der Waals surface area contributed by atoms with Crippen LogP contribution in [0, 0.1) is 0 Å². The van der Waals surface area contributed by atoms with Crippen LogP contribution in [0.2, 0.25) is 0 Å². The summed E-state index contributed by atoms with van der Waals surface area (Å²) in [5, 5.41) is 11.3. The van der Waals surface area contributed by atoms with Crippen molar-refractivity contribution in [3.63, 3.8) is 0 Å². The lowest BCUT2D eigenvalue weighted by atomic mass is 9.98. The van der Waals surface area contributed by atoms with E-state index in [1.54, 1.807) is 12.2 Å². The van der Waals surface area contributed by atoms with Gasteiger partial charge < -0.3 is 15.2 Å². The van der Waals surface area contributed by atoms with E-state index in [1.807, 2.05) is 24.3 Å². The molecule has 0 heterocycles. The molecule has 0 saturated carbocycles. The average Bonchev–Trinajstić information content (AvgIpc) is 2.91. The van der Waals surface area contributed by atoms with Crippen LogP contribution in [0.5, 0.6) is 0 Å². The molecule has 118 valence electrons. The molecule has 0 unspecified atom stereocenters. The highest BCUT2D eigenvalue weighted by Gasteiger charge is 2.28. The molecule has 0 atom stereocenters. The molecule has 2 N–H and O–H groups in total. The van der Waals surface area contributed by atoms with Crippen LogP contribution < -0.4 is 5.32 Å². The Bertz CT molecular complexity index is 679. The number of fused-ring (bicyclic) bond motifs is 3. The van der Waals surface area contributed by atoms with Crippen LogP contribution in [0.3, 0.4) is 0 Å². The number of hydrogen-bond acceptors (Lipinski definition) is 3. The highest BCUT2D eigenvalue weighted by molar-refractivity contribution is 5.79. The molecule has 1 aliphatic rings. The van der Waals surface area contributed by atoms with Gasteiger partial charge in [-0.05, 0) is 22.3 Å². The van der Waals surface area contributed by atoms with Gasteiger partial charge in [-0.3, -0.25) is 0 Å². The van der Waals surface area contributed by atoms with Gasteiger partial charge in [-0.15, -0.1) is 0 Å². The summed E-state index contributed by atoms with van der Waals surface area (Å²) in [6.45, 7) is 0.618. The number of aliphatic hydroxyl groups excluding tert-OH is 1. The van der Waals surface area contributed by atoms with E-state index < -0.39 is 6.09 Å². The summed E-state index contributed by atoms with van der Waals surface area (Å²) in [5.74, 6) is 0.0705. The van der Waals surface area contributed by atoms with Crippen molar-refractivity contribution in [1.29, 1.82) is 0 Å². The summed E-state index contributed by atoms with van der Waals surface area (Å²) in [4.78, 5) is 11.8. The molecule has 1 aliphatic carbocycles. The first kappa shape index (κ1) is 15.3. The van der Waals surface area contributed by atoms with Crippen LogP contribution in [0.25, 0.3) is 11.1 Å². The number of aliphatic hydroxyl groups is 1. The Morgan fingerprint density at radius 1 is 1.04 bits per heavy atom. The Kier molecular flexibility index (Phi) is 4.74. The third-order valence-electron chi connectivity index (χ3n) is 3.98. The van der Waals surface area contributed by atoms with Crippen molar-refractivity contribution in [1.82, 2.24) is 5.32 Å². The number of benzene rings is 2. The van der Waals surface area contributed by atoms with Crippen LogP contribution in [-0.2, 0) is 4.74 Å². The minimum absolute atomic E-state index is 0.0353. The SMILES string of the molecule is O=C(NCC=CCO)OCC1c2ccccc2-c2ccccc21. The number of ether oxygens (including phenoxy) is 1. The van der Waals surface area contributed by atoms with E-state index in [0.29, 0.717) is 13.2 Å². The standard InChI is InChI=1S/C19H19NO3/c21-12-6-5-11-20-19(22)23-13-18-16-9-3-1-7-14(16)15-8-2-4-10-17(15)18/h1-10,18,21H,11-13H2,(H,20,22). The maximum absolute atomic E-state index is 11.8. The highest BCUT2D eigenvalue weighted by atomic mass is 16.5. The van der Waals surface area contributed by atoms with Gasteiger partial charge in [0.1, 0.15) is 6.61 Å². The predicted molar refractivity (Wildman–Crippen MR) is 89.3 cm³/mol. The molecular formula is C19H19NO3. The smallest absolute Gasteiger partial charge is 0.407 e. The number of amides is 1. The molecule has 3 rings (SSSR count). The Hall–Kier alpha value is -2.59. The summed E-state index contributed by atoms with van der Waals surface area (Å²) in [5.41, 5.74) is 4.81. The van der Waals surface area contributed by atoms with Crippen LogP contribution in [0.1, 0.15) is 17.0 Å². The molecule has 2 aromatic carbocycles. The zero-order valence-electron chi connectivity index (χ0n) is 12.7. The lowest BCUT2D eigenvalue weighted by molar-refractivity contribution is 0.144. The van der Waals surface area contributed by atoms with Gasteiger partial charge in [0.2, 0.25) is 0 Å². The molecule has 0 radical (unpaired) electrons. The van der Waals surface area contributed by atoms with E-state index in [2.05, 4.69) is 29.6 Å². The summed E-state index contributed by atoms with van der Waals surface area (Å²) < 4.78 is 5.37. The number of carbonyl (C=O) groups is 1. The topological polar surface area (TPSA) is 58.6 Å². The fourth-order valence-electron chi connectivity index (χ4n) is 2.95. The fourth-order valence-corrected chi connectivity index (χ4v) is 2.95. The summed E-state index contributed by atoms with van der Waals surface area (Å²) in [7, 11) is 0. The maximum Gasteiger partial charge on any atom is 0.407 e. The minimum Gasteiger partial charge on any atom is -0.449 e. The van der Waals surface area contributed by atoms with Crippen molar-refractivity contribution in [3.05, 3.63) is 71.8 Å². The Morgan fingerprint density at radius 2 is 1.65 bits per heavy atom. The monoisotopic (exact) mass is 309 g/mol. The van der Waals surface area contributed by atoms with Crippen LogP contribution >= 0.6 is 0 Å². The van der Waals surface area contributed by atoms with E-state index in [1.165, 1.54) is 22.3 Å². The van der Waals surface area contributed by atoms with Gasteiger partial charge >= 0.3 is 6.09 Å². The van der Waals surface area contributed by atoms with Gasteiger partial charge in [0.05, 0.1) is 6.61 Å². The minimum atomic E-state index is -0.450. The largest absolute Gasteiger partial charge is 0.449 e. The van der Waals surface area contributed by atoms with E-state index in [9.17, 15) is 4.79 Å². The van der Waals surface area contributed by atoms with Crippen molar-refractivity contribution in [3.8, 4) is 11.1 Å². The third-order valence-corrected chi connectivity index (χ3v) is 3.98. The first-order valence-electron chi connectivity index (χ1n) is 7.66.